The third-order valence-electron chi connectivity index (χ3n) is 6.19. The van der Waals surface area contributed by atoms with E-state index in [-0.39, 0.29) is 5.78 Å². The minimum Gasteiger partial charge on any atom is -0.334 e. The zero-order valence-electron chi connectivity index (χ0n) is 16.8. The maximum absolute atomic E-state index is 12.9. The molecule has 5 rings (SSSR count). The van der Waals surface area contributed by atoms with Crippen LogP contribution < -0.4 is 4.90 Å². The number of aromatic nitrogens is 5. The fourth-order valence-corrected chi connectivity index (χ4v) is 5.76. The molecule has 3 aliphatic rings. The highest BCUT2D eigenvalue weighted by molar-refractivity contribution is 7.14. The van der Waals surface area contributed by atoms with E-state index in [0.29, 0.717) is 23.3 Å². The van der Waals surface area contributed by atoms with E-state index in [1.165, 1.54) is 20.8 Å². The Hall–Kier alpha value is -2.35. The maximum Gasteiger partial charge on any atom is 0.266 e. The Morgan fingerprint density at radius 3 is 3.00 bits per heavy atom. The Bertz CT molecular complexity index is 987. The van der Waals surface area contributed by atoms with Gasteiger partial charge in [-0.15, -0.1) is 16.4 Å². The quantitative estimate of drug-likeness (QED) is 0.566. The van der Waals surface area contributed by atoms with Crippen LogP contribution in [0.2, 0.25) is 0 Å². The summed E-state index contributed by atoms with van der Waals surface area (Å²) in [6.45, 7) is 1.69. The summed E-state index contributed by atoms with van der Waals surface area (Å²) in [7, 11) is 1.79. The molecule has 29 heavy (non-hydrogen) atoms. The molecule has 0 saturated carbocycles. The normalized spacial score (nSPS) is 21.7. The zero-order chi connectivity index (χ0) is 19.8. The van der Waals surface area contributed by atoms with Crippen LogP contribution in [0.5, 0.6) is 0 Å². The van der Waals surface area contributed by atoms with Crippen molar-refractivity contribution in [1.82, 2.24) is 25.2 Å². The van der Waals surface area contributed by atoms with Crippen molar-refractivity contribution in [3.63, 3.8) is 0 Å². The van der Waals surface area contributed by atoms with Gasteiger partial charge in [-0.2, -0.15) is 4.80 Å². The molecule has 0 radical (unpaired) electrons. The topological polar surface area (TPSA) is 76.8 Å². The SMILES string of the molecule is Cn1nnc(N2CCC3=C(C2)c2sc(C(=O)CC4CC=CCC4)nc2CCC3)n1. The van der Waals surface area contributed by atoms with Gasteiger partial charge in [-0.25, -0.2) is 4.98 Å². The lowest BCUT2D eigenvalue weighted by atomic mass is 9.90. The number of fused-ring (bicyclic) bond motifs is 2. The second-order valence-corrected chi connectivity index (χ2v) is 9.26. The summed E-state index contributed by atoms with van der Waals surface area (Å²) in [5.74, 6) is 1.36. The van der Waals surface area contributed by atoms with Gasteiger partial charge >= 0.3 is 0 Å². The van der Waals surface area contributed by atoms with Crippen molar-refractivity contribution in [3.05, 3.63) is 33.3 Å². The van der Waals surface area contributed by atoms with Crippen molar-refractivity contribution in [2.24, 2.45) is 13.0 Å². The van der Waals surface area contributed by atoms with Crippen LogP contribution >= 0.6 is 11.3 Å². The standard InChI is InChI=1S/C21H26N6OS/c1-26-24-21(23-25-26)27-11-10-15-8-5-9-17-19(16(15)13-27)29-20(22-17)18(28)12-14-6-3-2-4-7-14/h2-3,14H,4-13H2,1H3. The number of tetrazole rings is 1. The first-order chi connectivity index (χ1) is 14.2. The number of carbonyl (C=O) groups is 1. The van der Waals surface area contributed by atoms with Crippen molar-refractivity contribution in [2.45, 2.75) is 51.4 Å². The van der Waals surface area contributed by atoms with Gasteiger partial charge < -0.3 is 4.90 Å². The minimum absolute atomic E-state index is 0.216. The van der Waals surface area contributed by atoms with Crippen LogP contribution in [0.25, 0.3) is 5.57 Å². The van der Waals surface area contributed by atoms with Crippen LogP contribution in [0.3, 0.4) is 0 Å². The first-order valence-electron chi connectivity index (χ1n) is 10.6. The molecule has 7 nitrogen and oxygen atoms in total. The monoisotopic (exact) mass is 410 g/mol. The molecule has 8 heteroatoms. The lowest BCUT2D eigenvalue weighted by molar-refractivity contribution is 0.0958. The molecule has 1 atom stereocenters. The summed E-state index contributed by atoms with van der Waals surface area (Å²) < 4.78 is 0. The van der Waals surface area contributed by atoms with Crippen LogP contribution in [0.1, 0.15) is 65.3 Å². The molecular formula is C21H26N6OS. The molecule has 2 aliphatic carbocycles. The van der Waals surface area contributed by atoms with E-state index >= 15 is 0 Å². The van der Waals surface area contributed by atoms with Gasteiger partial charge in [0.1, 0.15) is 0 Å². The number of Topliss-reactive ketones (excluding diaryl/α,β-unsaturated/α-hetero) is 1. The molecule has 0 N–H and O–H groups in total. The van der Waals surface area contributed by atoms with Crippen molar-refractivity contribution in [2.75, 3.05) is 18.0 Å². The summed E-state index contributed by atoms with van der Waals surface area (Å²) in [6, 6.07) is 0. The van der Waals surface area contributed by atoms with Gasteiger partial charge in [0.2, 0.25) is 0 Å². The lowest BCUT2D eigenvalue weighted by Crippen LogP contribution is -2.32. The fraction of sp³-hybridized carbons (Fsp3) is 0.571. The predicted molar refractivity (Wildman–Crippen MR) is 113 cm³/mol. The van der Waals surface area contributed by atoms with E-state index in [2.05, 4.69) is 32.5 Å². The Kier molecular flexibility index (Phi) is 5.03. The van der Waals surface area contributed by atoms with Crippen LogP contribution in [0, 0.1) is 5.92 Å². The summed E-state index contributed by atoms with van der Waals surface area (Å²) >= 11 is 1.61. The van der Waals surface area contributed by atoms with E-state index in [0.717, 1.165) is 63.7 Å². The number of thiazole rings is 1. The maximum atomic E-state index is 12.9. The van der Waals surface area contributed by atoms with Crippen molar-refractivity contribution < 1.29 is 4.79 Å². The van der Waals surface area contributed by atoms with Crippen molar-refractivity contribution >= 4 is 28.6 Å². The van der Waals surface area contributed by atoms with E-state index in [1.54, 1.807) is 18.4 Å². The van der Waals surface area contributed by atoms with Gasteiger partial charge in [-0.05, 0) is 61.7 Å². The van der Waals surface area contributed by atoms with Gasteiger partial charge in [0.05, 0.1) is 17.6 Å². The average molecular weight is 411 g/mol. The van der Waals surface area contributed by atoms with Crippen LogP contribution in [-0.2, 0) is 13.5 Å². The third kappa shape index (κ3) is 3.77. The highest BCUT2D eigenvalue weighted by Crippen LogP contribution is 2.39. The van der Waals surface area contributed by atoms with Crippen LogP contribution in [0.4, 0.5) is 5.95 Å². The number of ketones is 1. The summed E-state index contributed by atoms with van der Waals surface area (Å²) in [6.07, 6.45) is 12.5. The van der Waals surface area contributed by atoms with Crippen LogP contribution in [-0.4, -0.2) is 44.1 Å². The molecule has 0 aromatic carbocycles. The molecule has 1 aliphatic heterocycles. The molecule has 0 saturated heterocycles. The molecular weight excluding hydrogens is 384 g/mol. The molecule has 2 aromatic rings. The Morgan fingerprint density at radius 1 is 1.28 bits per heavy atom. The number of allylic oxidation sites excluding steroid dienone is 2. The number of anilines is 1. The van der Waals surface area contributed by atoms with Crippen LogP contribution in [0.15, 0.2) is 17.7 Å². The number of nitrogens with zero attached hydrogens (tertiary/aromatic N) is 6. The summed E-state index contributed by atoms with van der Waals surface area (Å²) in [5.41, 5.74) is 3.97. The number of carbonyl (C=O) groups excluding carboxylic acids is 1. The number of rotatable bonds is 4. The molecule has 0 amide bonds. The van der Waals surface area contributed by atoms with Gasteiger partial charge in [-0.3, -0.25) is 4.79 Å². The lowest BCUT2D eigenvalue weighted by Gasteiger charge is -2.29. The number of hydrogen-bond donors (Lipinski definition) is 0. The third-order valence-corrected chi connectivity index (χ3v) is 7.39. The first-order valence-corrected chi connectivity index (χ1v) is 11.4. The highest BCUT2D eigenvalue weighted by Gasteiger charge is 2.29. The van der Waals surface area contributed by atoms with Gasteiger partial charge in [0, 0.05) is 19.5 Å². The van der Waals surface area contributed by atoms with Crippen molar-refractivity contribution in [3.8, 4) is 0 Å². The predicted octanol–water partition coefficient (Wildman–Crippen LogP) is 3.60. The molecule has 1 unspecified atom stereocenters. The molecule has 0 fully saturated rings. The minimum atomic E-state index is 0.216. The van der Waals surface area contributed by atoms with E-state index in [9.17, 15) is 4.79 Å². The second kappa shape index (κ2) is 7.82. The smallest absolute Gasteiger partial charge is 0.266 e. The van der Waals surface area contributed by atoms with Gasteiger partial charge in [0.25, 0.3) is 5.95 Å². The Balaban J connectivity index is 1.40. The largest absolute Gasteiger partial charge is 0.334 e. The number of hydrogen-bond acceptors (Lipinski definition) is 7. The molecule has 0 spiro atoms. The van der Waals surface area contributed by atoms with E-state index < -0.39 is 0 Å². The first kappa shape index (κ1) is 18.7. The van der Waals surface area contributed by atoms with E-state index in [4.69, 9.17) is 4.98 Å². The fourth-order valence-electron chi connectivity index (χ4n) is 4.62. The van der Waals surface area contributed by atoms with Gasteiger partial charge in [-0.1, -0.05) is 22.8 Å². The molecule has 3 heterocycles. The summed E-state index contributed by atoms with van der Waals surface area (Å²) in [5, 5.41) is 13.2. The van der Waals surface area contributed by atoms with E-state index in [1.807, 2.05) is 0 Å². The Labute approximate surface area is 174 Å². The molecule has 152 valence electrons. The molecule has 0 bridgehead atoms. The zero-order valence-corrected chi connectivity index (χ0v) is 17.6. The average Bonchev–Trinajstić information content (AvgIpc) is 3.32. The highest BCUT2D eigenvalue weighted by atomic mass is 32.1. The van der Waals surface area contributed by atoms with Crippen molar-refractivity contribution in [1.29, 1.82) is 0 Å². The number of aryl methyl sites for hydroxylation is 2. The van der Waals surface area contributed by atoms with Gasteiger partial charge in [0.15, 0.2) is 10.8 Å². The Morgan fingerprint density at radius 2 is 2.21 bits per heavy atom. The molecule has 2 aromatic heterocycles. The second-order valence-electron chi connectivity index (χ2n) is 8.26. The summed E-state index contributed by atoms with van der Waals surface area (Å²) in [4.78, 5) is 22.7.